The van der Waals surface area contributed by atoms with Gasteiger partial charge in [0.25, 0.3) is 0 Å². The van der Waals surface area contributed by atoms with Crippen molar-refractivity contribution in [3.63, 3.8) is 0 Å². The van der Waals surface area contributed by atoms with Crippen LogP contribution in [0.3, 0.4) is 0 Å². The lowest BCUT2D eigenvalue weighted by Crippen LogP contribution is -2.27. The number of anilines is 1. The molecule has 1 aromatic heterocycles. The SMILES string of the molecule is S=C(NCc1nc(-c2ccccc2)no1)Nc1cccc(Br)c1. The van der Waals surface area contributed by atoms with Crippen LogP contribution in [-0.4, -0.2) is 15.3 Å². The molecule has 1 heterocycles. The number of aromatic nitrogens is 2. The van der Waals surface area contributed by atoms with E-state index in [0.29, 0.717) is 23.4 Å². The van der Waals surface area contributed by atoms with Crippen LogP contribution in [0.2, 0.25) is 0 Å². The minimum Gasteiger partial charge on any atom is -0.353 e. The summed E-state index contributed by atoms with van der Waals surface area (Å²) in [7, 11) is 0. The summed E-state index contributed by atoms with van der Waals surface area (Å²) >= 11 is 8.67. The second-order valence-electron chi connectivity index (χ2n) is 4.70. The van der Waals surface area contributed by atoms with E-state index < -0.39 is 0 Å². The van der Waals surface area contributed by atoms with Gasteiger partial charge in [0.05, 0.1) is 6.54 Å². The molecular formula is C16H13BrN4OS. The van der Waals surface area contributed by atoms with Crippen molar-refractivity contribution >= 4 is 38.9 Å². The zero-order valence-corrected chi connectivity index (χ0v) is 14.4. The highest BCUT2D eigenvalue weighted by molar-refractivity contribution is 9.10. The summed E-state index contributed by atoms with van der Waals surface area (Å²) in [5, 5.41) is 10.6. The predicted octanol–water partition coefficient (Wildman–Crippen LogP) is 3.99. The number of hydrogen-bond acceptors (Lipinski definition) is 4. The average molecular weight is 389 g/mol. The van der Waals surface area contributed by atoms with Gasteiger partial charge in [0.1, 0.15) is 0 Å². The standard InChI is InChI=1S/C16H13BrN4OS/c17-12-7-4-8-13(9-12)19-16(23)18-10-14-20-15(21-22-14)11-5-2-1-3-6-11/h1-9H,10H2,(H2,18,19,23). The Morgan fingerprint density at radius 2 is 1.96 bits per heavy atom. The normalized spacial score (nSPS) is 10.3. The smallest absolute Gasteiger partial charge is 0.246 e. The van der Waals surface area contributed by atoms with Crippen molar-refractivity contribution in [2.24, 2.45) is 0 Å². The van der Waals surface area contributed by atoms with Crippen LogP contribution < -0.4 is 10.6 Å². The summed E-state index contributed by atoms with van der Waals surface area (Å²) in [6.07, 6.45) is 0. The van der Waals surface area contributed by atoms with Gasteiger partial charge in [-0.3, -0.25) is 0 Å². The fraction of sp³-hybridized carbons (Fsp3) is 0.0625. The minimum absolute atomic E-state index is 0.361. The number of halogens is 1. The molecular weight excluding hydrogens is 376 g/mol. The molecule has 2 N–H and O–H groups in total. The van der Waals surface area contributed by atoms with Gasteiger partial charge in [-0.05, 0) is 30.4 Å². The van der Waals surface area contributed by atoms with Gasteiger partial charge in [0.2, 0.25) is 11.7 Å². The van der Waals surface area contributed by atoms with Gasteiger partial charge in [-0.25, -0.2) is 0 Å². The Morgan fingerprint density at radius 1 is 1.13 bits per heavy atom. The van der Waals surface area contributed by atoms with Gasteiger partial charge < -0.3 is 15.2 Å². The summed E-state index contributed by atoms with van der Waals surface area (Å²) in [5.74, 6) is 1.04. The fourth-order valence-corrected chi connectivity index (χ4v) is 2.52. The summed E-state index contributed by atoms with van der Waals surface area (Å²) in [6.45, 7) is 0.361. The lowest BCUT2D eigenvalue weighted by atomic mass is 10.2. The molecule has 0 saturated carbocycles. The predicted molar refractivity (Wildman–Crippen MR) is 96.9 cm³/mol. The molecule has 0 atom stereocenters. The highest BCUT2D eigenvalue weighted by Crippen LogP contribution is 2.16. The molecule has 116 valence electrons. The van der Waals surface area contributed by atoms with Crippen LogP contribution in [0, 0.1) is 0 Å². The Kier molecular flexibility index (Phi) is 4.99. The summed E-state index contributed by atoms with van der Waals surface area (Å²) < 4.78 is 6.20. The average Bonchev–Trinajstić information content (AvgIpc) is 3.03. The van der Waals surface area contributed by atoms with Gasteiger partial charge in [-0.15, -0.1) is 0 Å². The molecule has 0 amide bonds. The van der Waals surface area contributed by atoms with Crippen molar-refractivity contribution < 1.29 is 4.52 Å². The molecule has 0 aliphatic rings. The van der Waals surface area contributed by atoms with E-state index in [9.17, 15) is 0 Å². The zero-order chi connectivity index (χ0) is 16.1. The molecule has 0 spiro atoms. The molecule has 23 heavy (non-hydrogen) atoms. The third-order valence-electron chi connectivity index (χ3n) is 2.98. The van der Waals surface area contributed by atoms with Gasteiger partial charge in [0, 0.05) is 15.7 Å². The van der Waals surface area contributed by atoms with Crippen molar-refractivity contribution in [1.29, 1.82) is 0 Å². The largest absolute Gasteiger partial charge is 0.353 e. The van der Waals surface area contributed by atoms with E-state index in [4.69, 9.17) is 16.7 Å². The topological polar surface area (TPSA) is 63.0 Å². The third-order valence-corrected chi connectivity index (χ3v) is 3.72. The van der Waals surface area contributed by atoms with E-state index in [1.807, 2.05) is 54.6 Å². The number of thiocarbonyl (C=S) groups is 1. The summed E-state index contributed by atoms with van der Waals surface area (Å²) in [4.78, 5) is 4.34. The minimum atomic E-state index is 0.361. The first kappa shape index (κ1) is 15.6. The number of nitrogens with zero attached hydrogens (tertiary/aromatic N) is 2. The van der Waals surface area contributed by atoms with Gasteiger partial charge in [-0.1, -0.05) is 57.5 Å². The van der Waals surface area contributed by atoms with Crippen molar-refractivity contribution in [3.05, 3.63) is 65.0 Å². The van der Waals surface area contributed by atoms with Crippen molar-refractivity contribution in [3.8, 4) is 11.4 Å². The molecule has 0 radical (unpaired) electrons. The van der Waals surface area contributed by atoms with Crippen LogP contribution in [0.1, 0.15) is 5.89 Å². The molecule has 0 saturated heterocycles. The van der Waals surface area contributed by atoms with Crippen LogP contribution in [0.25, 0.3) is 11.4 Å². The highest BCUT2D eigenvalue weighted by atomic mass is 79.9. The van der Waals surface area contributed by atoms with Crippen molar-refractivity contribution in [2.45, 2.75) is 6.54 Å². The van der Waals surface area contributed by atoms with E-state index >= 15 is 0 Å². The number of nitrogens with one attached hydrogen (secondary N) is 2. The number of hydrogen-bond donors (Lipinski definition) is 2. The van der Waals surface area contributed by atoms with Gasteiger partial charge in [-0.2, -0.15) is 4.98 Å². The second-order valence-corrected chi connectivity index (χ2v) is 6.02. The first-order valence-electron chi connectivity index (χ1n) is 6.89. The van der Waals surface area contributed by atoms with Crippen molar-refractivity contribution in [1.82, 2.24) is 15.5 Å². The van der Waals surface area contributed by atoms with Gasteiger partial charge in [0.15, 0.2) is 5.11 Å². The van der Waals surface area contributed by atoms with Crippen molar-refractivity contribution in [2.75, 3.05) is 5.32 Å². The van der Waals surface area contributed by atoms with Crippen LogP contribution in [0.4, 0.5) is 5.69 Å². The molecule has 7 heteroatoms. The Balaban J connectivity index is 1.56. The van der Waals surface area contributed by atoms with Gasteiger partial charge >= 0.3 is 0 Å². The molecule has 5 nitrogen and oxygen atoms in total. The monoisotopic (exact) mass is 388 g/mol. The quantitative estimate of drug-likeness (QED) is 0.658. The van der Waals surface area contributed by atoms with Crippen LogP contribution >= 0.6 is 28.1 Å². The first-order chi connectivity index (χ1) is 11.2. The molecule has 3 rings (SSSR count). The molecule has 0 aliphatic carbocycles. The van der Waals surface area contributed by atoms with E-state index in [1.165, 1.54) is 0 Å². The summed E-state index contributed by atoms with van der Waals surface area (Å²) in [5.41, 5.74) is 1.81. The van der Waals surface area contributed by atoms with E-state index in [1.54, 1.807) is 0 Å². The Morgan fingerprint density at radius 3 is 2.74 bits per heavy atom. The zero-order valence-electron chi connectivity index (χ0n) is 12.0. The maximum atomic E-state index is 5.25. The first-order valence-corrected chi connectivity index (χ1v) is 8.09. The second kappa shape index (κ2) is 7.34. The molecule has 0 fully saturated rings. The maximum absolute atomic E-state index is 5.25. The molecule has 3 aromatic rings. The number of benzene rings is 2. The van der Waals surface area contributed by atoms with E-state index in [-0.39, 0.29) is 0 Å². The van der Waals surface area contributed by atoms with Crippen LogP contribution in [0.5, 0.6) is 0 Å². The lowest BCUT2D eigenvalue weighted by molar-refractivity contribution is 0.376. The van der Waals surface area contributed by atoms with E-state index in [0.717, 1.165) is 15.7 Å². The molecule has 0 unspecified atom stereocenters. The molecule has 2 aromatic carbocycles. The lowest BCUT2D eigenvalue weighted by Gasteiger charge is -2.08. The Bertz CT molecular complexity index is 807. The molecule has 0 aliphatic heterocycles. The van der Waals surface area contributed by atoms with E-state index in [2.05, 4.69) is 36.7 Å². The number of rotatable bonds is 4. The Hall–Kier alpha value is -2.25. The Labute approximate surface area is 147 Å². The highest BCUT2D eigenvalue weighted by Gasteiger charge is 2.08. The third kappa shape index (κ3) is 4.37. The molecule has 0 bridgehead atoms. The van der Waals surface area contributed by atoms with Crippen LogP contribution in [0.15, 0.2) is 63.6 Å². The fourth-order valence-electron chi connectivity index (χ4n) is 1.93. The summed E-state index contributed by atoms with van der Waals surface area (Å²) in [6, 6.07) is 17.4. The maximum Gasteiger partial charge on any atom is 0.246 e. The van der Waals surface area contributed by atoms with Crippen LogP contribution in [-0.2, 0) is 6.54 Å².